The van der Waals surface area contributed by atoms with Crippen LogP contribution in [-0.2, 0) is 4.74 Å². The summed E-state index contributed by atoms with van der Waals surface area (Å²) in [6.45, 7) is 5.28. The van der Waals surface area contributed by atoms with Crippen LogP contribution in [0.25, 0.3) is 16.9 Å². The van der Waals surface area contributed by atoms with Crippen molar-refractivity contribution in [2.24, 2.45) is 0 Å². The highest BCUT2D eigenvalue weighted by Crippen LogP contribution is 2.26. The molecule has 2 heterocycles. The summed E-state index contributed by atoms with van der Waals surface area (Å²) in [6.07, 6.45) is 1.80. The molecule has 1 aliphatic rings. The minimum atomic E-state index is -0.187. The molecule has 0 bridgehead atoms. The molecule has 5 rings (SSSR count). The number of aromatic nitrogens is 2. The zero-order valence-electron chi connectivity index (χ0n) is 18.6. The molecule has 6 nitrogen and oxygen atoms in total. The van der Waals surface area contributed by atoms with Gasteiger partial charge < -0.3 is 15.0 Å². The molecule has 1 fully saturated rings. The zero-order chi connectivity index (χ0) is 22.6. The Kier molecular flexibility index (Phi) is 5.91. The Labute approximate surface area is 193 Å². The molecule has 0 atom stereocenters. The smallest absolute Gasteiger partial charge is 0.259 e. The number of morpholine rings is 1. The summed E-state index contributed by atoms with van der Waals surface area (Å²) in [5, 5.41) is 7.81. The molecule has 3 aromatic carbocycles. The topological polar surface area (TPSA) is 59.4 Å². The van der Waals surface area contributed by atoms with Gasteiger partial charge in [0.15, 0.2) is 0 Å². The number of carbonyl (C=O) groups is 1. The van der Waals surface area contributed by atoms with E-state index in [2.05, 4.69) is 10.2 Å². The lowest BCUT2D eigenvalue weighted by atomic mass is 10.1. The van der Waals surface area contributed by atoms with Gasteiger partial charge in [-0.3, -0.25) is 4.79 Å². The summed E-state index contributed by atoms with van der Waals surface area (Å²) < 4.78 is 7.19. The molecular weight excluding hydrogens is 412 g/mol. The van der Waals surface area contributed by atoms with Crippen LogP contribution in [0.5, 0.6) is 0 Å². The quantitative estimate of drug-likeness (QED) is 0.480. The largest absolute Gasteiger partial charge is 0.378 e. The van der Waals surface area contributed by atoms with E-state index in [0.717, 1.165) is 54.5 Å². The second-order valence-corrected chi connectivity index (χ2v) is 8.14. The maximum absolute atomic E-state index is 13.3. The van der Waals surface area contributed by atoms with E-state index < -0.39 is 0 Å². The fourth-order valence-electron chi connectivity index (χ4n) is 4.03. The zero-order valence-corrected chi connectivity index (χ0v) is 18.6. The van der Waals surface area contributed by atoms with Gasteiger partial charge in [-0.15, -0.1) is 0 Å². The number of hydrogen-bond acceptors (Lipinski definition) is 4. The van der Waals surface area contributed by atoms with Crippen LogP contribution < -0.4 is 10.2 Å². The van der Waals surface area contributed by atoms with Crippen LogP contribution >= 0.6 is 0 Å². The molecule has 1 amide bonds. The average Bonchev–Trinajstić information content (AvgIpc) is 3.32. The summed E-state index contributed by atoms with van der Waals surface area (Å²) in [5.74, 6) is -0.187. The van der Waals surface area contributed by atoms with Crippen LogP contribution in [0.15, 0.2) is 85.1 Å². The van der Waals surface area contributed by atoms with Crippen LogP contribution in [0.4, 0.5) is 11.4 Å². The predicted molar refractivity (Wildman–Crippen MR) is 131 cm³/mol. The summed E-state index contributed by atoms with van der Waals surface area (Å²) in [4.78, 5) is 15.6. The highest BCUT2D eigenvalue weighted by molar-refractivity contribution is 6.08. The van der Waals surface area contributed by atoms with Gasteiger partial charge in [0.2, 0.25) is 0 Å². The monoisotopic (exact) mass is 438 g/mol. The fourth-order valence-corrected chi connectivity index (χ4v) is 4.03. The standard InChI is InChI=1S/C27H26N4O2/c1-20-6-5-7-21(18-20)26-25(19-31(29-26)24-8-3-2-4-9-24)27(32)28-22-10-12-23(13-11-22)30-14-16-33-17-15-30/h2-13,18-19H,14-17H2,1H3,(H,28,32). The van der Waals surface area contributed by atoms with Crippen LogP contribution in [-0.4, -0.2) is 42.0 Å². The Bertz CT molecular complexity index is 1240. The van der Waals surface area contributed by atoms with Gasteiger partial charge in [-0.1, -0.05) is 42.0 Å². The first-order valence-corrected chi connectivity index (χ1v) is 11.1. The third kappa shape index (κ3) is 4.66. The Hall–Kier alpha value is -3.90. The lowest BCUT2D eigenvalue weighted by molar-refractivity contribution is 0.102. The van der Waals surface area contributed by atoms with Crippen molar-refractivity contribution in [2.45, 2.75) is 6.92 Å². The van der Waals surface area contributed by atoms with Gasteiger partial charge in [-0.25, -0.2) is 4.68 Å². The normalized spacial score (nSPS) is 13.7. The maximum Gasteiger partial charge on any atom is 0.259 e. The number of carbonyl (C=O) groups excluding carboxylic acids is 1. The third-order valence-corrected chi connectivity index (χ3v) is 5.77. The van der Waals surface area contributed by atoms with Crippen molar-refractivity contribution < 1.29 is 9.53 Å². The molecule has 33 heavy (non-hydrogen) atoms. The van der Waals surface area contributed by atoms with E-state index in [9.17, 15) is 4.79 Å². The minimum Gasteiger partial charge on any atom is -0.378 e. The number of nitrogens with zero attached hydrogens (tertiary/aromatic N) is 3. The summed E-state index contributed by atoms with van der Waals surface area (Å²) in [5.41, 5.74) is 6.00. The molecule has 0 unspecified atom stereocenters. The predicted octanol–water partition coefficient (Wildman–Crippen LogP) is 4.94. The highest BCUT2D eigenvalue weighted by Gasteiger charge is 2.19. The molecule has 1 aliphatic heterocycles. The lowest BCUT2D eigenvalue weighted by Gasteiger charge is -2.28. The third-order valence-electron chi connectivity index (χ3n) is 5.77. The van der Waals surface area contributed by atoms with Gasteiger partial charge >= 0.3 is 0 Å². The lowest BCUT2D eigenvalue weighted by Crippen LogP contribution is -2.36. The molecule has 0 aliphatic carbocycles. The van der Waals surface area contributed by atoms with Crippen molar-refractivity contribution in [3.8, 4) is 16.9 Å². The summed E-state index contributed by atoms with van der Waals surface area (Å²) in [6, 6.07) is 25.8. The Morgan fingerprint density at radius 1 is 0.909 bits per heavy atom. The van der Waals surface area contributed by atoms with E-state index in [-0.39, 0.29) is 5.91 Å². The van der Waals surface area contributed by atoms with Crippen LogP contribution in [0.1, 0.15) is 15.9 Å². The molecule has 1 aromatic heterocycles. The Morgan fingerprint density at radius 2 is 1.67 bits per heavy atom. The minimum absolute atomic E-state index is 0.187. The molecule has 1 saturated heterocycles. The van der Waals surface area contributed by atoms with E-state index in [4.69, 9.17) is 9.84 Å². The van der Waals surface area contributed by atoms with Crippen molar-refractivity contribution in [3.05, 3.63) is 96.2 Å². The number of para-hydroxylation sites is 1. The fraction of sp³-hybridized carbons (Fsp3) is 0.185. The first-order valence-electron chi connectivity index (χ1n) is 11.1. The molecule has 0 spiro atoms. The molecule has 0 radical (unpaired) electrons. The molecule has 1 N–H and O–H groups in total. The van der Waals surface area contributed by atoms with Crippen LogP contribution in [0, 0.1) is 6.92 Å². The number of amides is 1. The van der Waals surface area contributed by atoms with Gasteiger partial charge in [0.05, 0.1) is 24.5 Å². The van der Waals surface area contributed by atoms with Gasteiger partial charge in [-0.05, 0) is 49.4 Å². The van der Waals surface area contributed by atoms with Crippen molar-refractivity contribution in [3.63, 3.8) is 0 Å². The van der Waals surface area contributed by atoms with E-state index in [1.165, 1.54) is 0 Å². The average molecular weight is 439 g/mol. The van der Waals surface area contributed by atoms with Gasteiger partial charge in [-0.2, -0.15) is 5.10 Å². The molecule has 6 heteroatoms. The van der Waals surface area contributed by atoms with Crippen molar-refractivity contribution in [1.82, 2.24) is 9.78 Å². The number of nitrogens with one attached hydrogen (secondary N) is 1. The SMILES string of the molecule is Cc1cccc(-c2nn(-c3ccccc3)cc2C(=O)Nc2ccc(N3CCOCC3)cc2)c1. The van der Waals surface area contributed by atoms with E-state index >= 15 is 0 Å². The van der Waals surface area contributed by atoms with E-state index in [0.29, 0.717) is 11.3 Å². The summed E-state index contributed by atoms with van der Waals surface area (Å²) >= 11 is 0. The molecule has 0 saturated carbocycles. The molecular formula is C27H26N4O2. The van der Waals surface area contributed by atoms with Gasteiger partial charge in [0.25, 0.3) is 5.91 Å². The highest BCUT2D eigenvalue weighted by atomic mass is 16.5. The second kappa shape index (κ2) is 9.30. The van der Waals surface area contributed by atoms with Crippen molar-refractivity contribution in [1.29, 1.82) is 0 Å². The van der Waals surface area contributed by atoms with E-state index in [1.807, 2.05) is 85.8 Å². The molecule has 4 aromatic rings. The molecule has 166 valence electrons. The maximum atomic E-state index is 13.3. The van der Waals surface area contributed by atoms with Gasteiger partial charge in [0.1, 0.15) is 5.69 Å². The number of rotatable bonds is 5. The Morgan fingerprint density at radius 3 is 2.39 bits per heavy atom. The number of anilines is 2. The van der Waals surface area contributed by atoms with Crippen LogP contribution in [0.3, 0.4) is 0 Å². The van der Waals surface area contributed by atoms with E-state index in [1.54, 1.807) is 10.9 Å². The van der Waals surface area contributed by atoms with Crippen molar-refractivity contribution >= 4 is 17.3 Å². The second-order valence-electron chi connectivity index (χ2n) is 8.14. The number of ether oxygens (including phenoxy) is 1. The first-order chi connectivity index (χ1) is 16.2. The number of aryl methyl sites for hydroxylation is 1. The summed E-state index contributed by atoms with van der Waals surface area (Å²) in [7, 11) is 0. The van der Waals surface area contributed by atoms with Gasteiger partial charge in [0, 0.05) is 36.2 Å². The number of benzene rings is 3. The number of hydrogen-bond donors (Lipinski definition) is 1. The van der Waals surface area contributed by atoms with Crippen molar-refractivity contribution in [2.75, 3.05) is 36.5 Å². The van der Waals surface area contributed by atoms with Crippen LogP contribution in [0.2, 0.25) is 0 Å². The first kappa shape index (κ1) is 21.0. The Balaban J connectivity index is 1.43.